The number of rotatable bonds is 3. The molecule has 0 radical (unpaired) electrons. The van der Waals surface area contributed by atoms with E-state index in [-0.39, 0.29) is 11.3 Å². The maximum Gasteiger partial charge on any atom is 0.265 e. The molecule has 0 atom stereocenters. The van der Waals surface area contributed by atoms with Crippen LogP contribution in [0.25, 0.3) is 27.5 Å². The van der Waals surface area contributed by atoms with Crippen molar-refractivity contribution in [3.63, 3.8) is 0 Å². The number of aromatic nitrogens is 1. The molecule has 4 heteroatoms. The first-order valence-electron chi connectivity index (χ1n) is 12.3. The van der Waals surface area contributed by atoms with E-state index in [0.717, 1.165) is 48.3 Å². The fourth-order valence-electron chi connectivity index (χ4n) is 5.55. The van der Waals surface area contributed by atoms with Crippen LogP contribution >= 0.6 is 0 Å². The molecule has 35 heavy (non-hydrogen) atoms. The molecule has 5 rings (SSSR count). The summed E-state index contributed by atoms with van der Waals surface area (Å²) in [4.78, 5) is 3.48. The lowest BCUT2D eigenvalue weighted by atomic mass is 9.78. The Morgan fingerprint density at radius 1 is 1.09 bits per heavy atom. The Balaban J connectivity index is 1.51. The second-order valence-electron chi connectivity index (χ2n) is 9.66. The monoisotopic (exact) mass is 459 g/mol. The van der Waals surface area contributed by atoms with E-state index in [1.54, 1.807) is 0 Å². The van der Waals surface area contributed by atoms with E-state index in [2.05, 4.69) is 77.9 Å². The van der Waals surface area contributed by atoms with Crippen molar-refractivity contribution in [3.05, 3.63) is 106 Å². The van der Waals surface area contributed by atoms with Crippen LogP contribution in [-0.2, 0) is 4.74 Å². The average Bonchev–Trinajstić information content (AvgIpc) is 3.13. The van der Waals surface area contributed by atoms with Gasteiger partial charge in [-0.05, 0) is 92.6 Å². The molecule has 2 heterocycles. The number of para-hydroxylation sites is 1. The quantitative estimate of drug-likeness (QED) is 0.294. The summed E-state index contributed by atoms with van der Waals surface area (Å²) in [6.45, 7) is 11.8. The molecule has 1 fully saturated rings. The van der Waals surface area contributed by atoms with Gasteiger partial charge < -0.3 is 9.30 Å². The third kappa shape index (κ3) is 4.29. The molecule has 0 amide bonds. The maximum absolute atomic E-state index is 9.48. The highest BCUT2D eigenvalue weighted by Gasteiger charge is 2.38. The van der Waals surface area contributed by atoms with Gasteiger partial charge in [0, 0.05) is 23.2 Å². The molecule has 174 valence electrons. The van der Waals surface area contributed by atoms with Crippen molar-refractivity contribution in [2.24, 2.45) is 0 Å². The lowest BCUT2D eigenvalue weighted by Crippen LogP contribution is -2.37. The first-order chi connectivity index (χ1) is 17.0. The van der Waals surface area contributed by atoms with Gasteiger partial charge in [-0.3, -0.25) is 0 Å². The Bertz CT molecular complexity index is 1430. The average molecular weight is 460 g/mol. The van der Waals surface area contributed by atoms with E-state index in [1.807, 2.05) is 18.2 Å². The summed E-state index contributed by atoms with van der Waals surface area (Å²) in [6.07, 6.45) is 12.0. The van der Waals surface area contributed by atoms with Crippen LogP contribution in [0.15, 0.2) is 77.7 Å². The molecule has 1 aliphatic heterocycles. The molecule has 1 saturated carbocycles. The Morgan fingerprint density at radius 2 is 1.86 bits per heavy atom. The number of nitrogens with zero attached hydrogens (tertiary/aromatic N) is 3. The molecular formula is C31H29N3O. The molecule has 3 aromatic rings. The van der Waals surface area contributed by atoms with Gasteiger partial charge in [0.1, 0.15) is 11.4 Å². The van der Waals surface area contributed by atoms with Crippen LogP contribution < -0.4 is 0 Å². The molecular weight excluding hydrogens is 430 g/mol. The van der Waals surface area contributed by atoms with Gasteiger partial charge in [0.05, 0.1) is 18.2 Å². The van der Waals surface area contributed by atoms with Crippen LogP contribution in [0, 0.1) is 31.8 Å². The summed E-state index contributed by atoms with van der Waals surface area (Å²) in [5, 5.41) is 10.7. The lowest BCUT2D eigenvalue weighted by molar-refractivity contribution is -0.0285. The third-order valence-electron chi connectivity index (χ3n) is 7.45. The van der Waals surface area contributed by atoms with Crippen molar-refractivity contribution in [2.75, 3.05) is 0 Å². The van der Waals surface area contributed by atoms with E-state index in [9.17, 15) is 5.26 Å². The Kier molecular flexibility index (Phi) is 6.06. The van der Waals surface area contributed by atoms with E-state index in [0.29, 0.717) is 6.42 Å². The standard InChI is InChI=1S/C31H29N3O/c1-22-23(2)34(26-10-6-4-7-11-26)30-15-13-24(18-28(22)30)12-14-27-19-25(29(21-32)33-3)20-31(35-27)16-8-5-9-17-31/h4,6-7,10-15,18-19H,5,8-9,16-17,20H2,1-2H3/b14-12+,29-25+. The van der Waals surface area contributed by atoms with Crippen LogP contribution in [0.3, 0.4) is 0 Å². The number of allylic oxidation sites excluding steroid dienone is 3. The zero-order valence-electron chi connectivity index (χ0n) is 20.3. The van der Waals surface area contributed by atoms with Gasteiger partial charge >= 0.3 is 0 Å². The first kappa shape index (κ1) is 22.8. The predicted octanol–water partition coefficient (Wildman–Crippen LogP) is 7.96. The topological polar surface area (TPSA) is 42.3 Å². The van der Waals surface area contributed by atoms with Crippen molar-refractivity contribution in [2.45, 2.75) is 58.0 Å². The van der Waals surface area contributed by atoms with Crippen LogP contribution in [-0.4, -0.2) is 10.2 Å². The van der Waals surface area contributed by atoms with Gasteiger partial charge in [-0.1, -0.05) is 36.8 Å². The first-order valence-corrected chi connectivity index (χ1v) is 12.3. The highest BCUT2D eigenvalue weighted by molar-refractivity contribution is 5.89. The molecule has 2 aromatic carbocycles. The number of nitriles is 1. The maximum atomic E-state index is 9.48. The fourth-order valence-corrected chi connectivity index (χ4v) is 5.55. The molecule has 0 N–H and O–H groups in total. The fraction of sp³-hybridized carbons (Fsp3) is 0.290. The van der Waals surface area contributed by atoms with Crippen molar-refractivity contribution in [1.29, 1.82) is 5.26 Å². The Morgan fingerprint density at radius 3 is 2.57 bits per heavy atom. The Labute approximate surface area is 207 Å². The highest BCUT2D eigenvalue weighted by Crippen LogP contribution is 2.43. The molecule has 0 unspecified atom stereocenters. The second kappa shape index (κ2) is 9.32. The van der Waals surface area contributed by atoms with Gasteiger partial charge in [-0.25, -0.2) is 10.1 Å². The Hall–Kier alpha value is -4.02. The van der Waals surface area contributed by atoms with E-state index in [1.165, 1.54) is 28.6 Å². The van der Waals surface area contributed by atoms with Crippen LogP contribution in [0.2, 0.25) is 0 Å². The van der Waals surface area contributed by atoms with Gasteiger partial charge in [0.25, 0.3) is 5.70 Å². The minimum absolute atomic E-state index is 0.180. The predicted molar refractivity (Wildman–Crippen MR) is 141 cm³/mol. The zero-order chi connectivity index (χ0) is 24.4. The van der Waals surface area contributed by atoms with Crippen LogP contribution in [0.1, 0.15) is 55.3 Å². The number of ether oxygens (including phenoxy) is 1. The summed E-state index contributed by atoms with van der Waals surface area (Å²) < 4.78 is 8.83. The SMILES string of the molecule is [C-]#[N+]/C(C#N)=C1C=C(/C=C/c2ccc3c(c2)c(C)c(C)n3-c2ccccc2)OC2(CCCCC2)C\1. The summed E-state index contributed by atoms with van der Waals surface area (Å²) >= 11 is 0. The van der Waals surface area contributed by atoms with Crippen molar-refractivity contribution >= 4 is 17.0 Å². The van der Waals surface area contributed by atoms with Crippen LogP contribution in [0.4, 0.5) is 0 Å². The summed E-state index contributed by atoms with van der Waals surface area (Å²) in [5.41, 5.74) is 6.65. The summed E-state index contributed by atoms with van der Waals surface area (Å²) in [6, 6.07) is 19.1. The number of hydrogen-bond acceptors (Lipinski definition) is 2. The van der Waals surface area contributed by atoms with Gasteiger partial charge in [0.2, 0.25) is 0 Å². The highest BCUT2D eigenvalue weighted by atomic mass is 16.5. The molecule has 2 aliphatic rings. The normalized spacial score (nSPS) is 18.7. The lowest BCUT2D eigenvalue weighted by Gasteiger charge is -2.41. The largest absolute Gasteiger partial charge is 0.487 e. The van der Waals surface area contributed by atoms with Crippen molar-refractivity contribution in [3.8, 4) is 11.8 Å². The minimum Gasteiger partial charge on any atom is -0.487 e. The molecule has 0 saturated heterocycles. The number of fused-ring (bicyclic) bond motifs is 1. The smallest absolute Gasteiger partial charge is 0.265 e. The van der Waals surface area contributed by atoms with Gasteiger partial charge in [0.15, 0.2) is 0 Å². The van der Waals surface area contributed by atoms with Crippen molar-refractivity contribution in [1.82, 2.24) is 4.57 Å². The zero-order valence-corrected chi connectivity index (χ0v) is 20.3. The second-order valence-corrected chi connectivity index (χ2v) is 9.66. The van der Waals surface area contributed by atoms with E-state index >= 15 is 0 Å². The van der Waals surface area contributed by atoms with Crippen LogP contribution in [0.5, 0.6) is 0 Å². The van der Waals surface area contributed by atoms with Crippen molar-refractivity contribution < 1.29 is 4.74 Å². The van der Waals surface area contributed by atoms with E-state index < -0.39 is 0 Å². The number of aryl methyl sites for hydroxylation is 1. The minimum atomic E-state index is -0.292. The number of benzene rings is 2. The third-order valence-corrected chi connectivity index (χ3v) is 7.45. The molecule has 0 bridgehead atoms. The summed E-state index contributed by atoms with van der Waals surface area (Å²) in [7, 11) is 0. The van der Waals surface area contributed by atoms with Gasteiger partial charge in [-0.15, -0.1) is 0 Å². The molecule has 1 spiro atoms. The summed E-state index contributed by atoms with van der Waals surface area (Å²) in [5.74, 6) is 0.736. The molecule has 1 aliphatic carbocycles. The molecule has 4 nitrogen and oxygen atoms in total. The molecule has 1 aromatic heterocycles. The van der Waals surface area contributed by atoms with E-state index in [4.69, 9.17) is 11.3 Å². The van der Waals surface area contributed by atoms with Gasteiger partial charge in [-0.2, -0.15) is 0 Å². The number of hydrogen-bond donors (Lipinski definition) is 0.